The normalized spacial score (nSPS) is 31.5. The van der Waals surface area contributed by atoms with Crippen molar-refractivity contribution >= 4 is 0 Å². The minimum atomic E-state index is 0.446. The number of hydrogen-bond donors (Lipinski definition) is 1. The molecule has 2 saturated heterocycles. The summed E-state index contributed by atoms with van der Waals surface area (Å²) in [7, 11) is 2.21. The van der Waals surface area contributed by atoms with E-state index in [4.69, 9.17) is 9.47 Å². The van der Waals surface area contributed by atoms with Gasteiger partial charge in [0.15, 0.2) is 0 Å². The molecular formula is C14H28N2O2. The van der Waals surface area contributed by atoms with Gasteiger partial charge in [0.2, 0.25) is 0 Å². The van der Waals surface area contributed by atoms with E-state index in [0.717, 1.165) is 39.3 Å². The number of ether oxygens (including phenoxy) is 2. The molecule has 4 heteroatoms. The third-order valence-electron chi connectivity index (χ3n) is 4.14. The zero-order valence-corrected chi connectivity index (χ0v) is 11.9. The molecule has 2 fully saturated rings. The van der Waals surface area contributed by atoms with Gasteiger partial charge >= 0.3 is 0 Å². The van der Waals surface area contributed by atoms with Crippen LogP contribution in [0.5, 0.6) is 0 Å². The first-order valence-electron chi connectivity index (χ1n) is 7.38. The van der Waals surface area contributed by atoms with Crippen LogP contribution in [0, 0.1) is 0 Å². The molecule has 4 nitrogen and oxygen atoms in total. The van der Waals surface area contributed by atoms with E-state index in [-0.39, 0.29) is 0 Å². The first-order valence-corrected chi connectivity index (χ1v) is 7.38. The zero-order valence-electron chi connectivity index (χ0n) is 11.9. The van der Waals surface area contributed by atoms with Gasteiger partial charge in [-0.1, -0.05) is 0 Å². The summed E-state index contributed by atoms with van der Waals surface area (Å²) in [4.78, 5) is 2.44. The number of morpholine rings is 1. The van der Waals surface area contributed by atoms with Gasteiger partial charge in [-0.3, -0.25) is 0 Å². The molecule has 106 valence electrons. The molecule has 2 heterocycles. The van der Waals surface area contributed by atoms with Crippen molar-refractivity contribution in [1.82, 2.24) is 10.2 Å². The third-order valence-corrected chi connectivity index (χ3v) is 4.14. The second-order valence-corrected chi connectivity index (χ2v) is 5.74. The van der Waals surface area contributed by atoms with E-state index in [1.165, 1.54) is 19.3 Å². The second kappa shape index (κ2) is 7.43. The first kappa shape index (κ1) is 14.3. The molecule has 0 aliphatic carbocycles. The Morgan fingerprint density at radius 3 is 2.89 bits per heavy atom. The van der Waals surface area contributed by atoms with Gasteiger partial charge in [0.05, 0.1) is 19.3 Å². The molecule has 1 N–H and O–H groups in total. The van der Waals surface area contributed by atoms with Gasteiger partial charge in [-0.2, -0.15) is 0 Å². The maximum Gasteiger partial charge on any atom is 0.0702 e. The number of rotatable bonds is 5. The van der Waals surface area contributed by atoms with E-state index in [9.17, 15) is 0 Å². The minimum absolute atomic E-state index is 0.446. The number of nitrogens with zero attached hydrogens (tertiary/aromatic N) is 1. The van der Waals surface area contributed by atoms with Gasteiger partial charge in [-0.25, -0.2) is 0 Å². The maximum absolute atomic E-state index is 5.81. The second-order valence-electron chi connectivity index (χ2n) is 5.74. The van der Waals surface area contributed by atoms with Crippen molar-refractivity contribution in [3.63, 3.8) is 0 Å². The SMILES string of the molecule is CC(CC1COCCN1)N(C)CC1CCCCO1. The van der Waals surface area contributed by atoms with Gasteiger partial charge in [-0.05, 0) is 39.7 Å². The summed E-state index contributed by atoms with van der Waals surface area (Å²) in [5.74, 6) is 0. The third kappa shape index (κ3) is 4.50. The van der Waals surface area contributed by atoms with Crippen molar-refractivity contribution in [3.05, 3.63) is 0 Å². The molecule has 0 aromatic rings. The molecule has 0 aromatic carbocycles. The van der Waals surface area contributed by atoms with Crippen molar-refractivity contribution in [1.29, 1.82) is 0 Å². The number of nitrogens with one attached hydrogen (secondary N) is 1. The highest BCUT2D eigenvalue weighted by molar-refractivity contribution is 4.78. The van der Waals surface area contributed by atoms with Crippen LogP contribution in [0.3, 0.4) is 0 Å². The highest BCUT2D eigenvalue weighted by Gasteiger charge is 2.22. The van der Waals surface area contributed by atoms with Crippen LogP contribution in [0.4, 0.5) is 0 Å². The van der Waals surface area contributed by atoms with Crippen LogP contribution < -0.4 is 5.32 Å². The first-order chi connectivity index (χ1) is 8.75. The van der Waals surface area contributed by atoms with Gasteiger partial charge in [0.1, 0.15) is 0 Å². The average molecular weight is 256 g/mol. The Morgan fingerprint density at radius 2 is 2.22 bits per heavy atom. The molecule has 2 rings (SSSR count). The predicted molar refractivity (Wildman–Crippen MR) is 72.9 cm³/mol. The summed E-state index contributed by atoms with van der Waals surface area (Å²) in [6.45, 7) is 7.03. The molecule has 0 bridgehead atoms. The van der Waals surface area contributed by atoms with Crippen molar-refractivity contribution in [2.75, 3.05) is 40.0 Å². The summed E-state index contributed by atoms with van der Waals surface area (Å²) in [5.41, 5.74) is 0. The van der Waals surface area contributed by atoms with E-state index in [1.807, 2.05) is 0 Å². The predicted octanol–water partition coefficient (Wildman–Crippen LogP) is 1.25. The molecular weight excluding hydrogens is 228 g/mol. The lowest BCUT2D eigenvalue weighted by atomic mass is 10.0. The monoisotopic (exact) mass is 256 g/mol. The Balaban J connectivity index is 1.68. The molecule has 3 unspecified atom stereocenters. The van der Waals surface area contributed by atoms with Crippen LogP contribution in [-0.2, 0) is 9.47 Å². The molecule has 2 aliphatic heterocycles. The lowest BCUT2D eigenvalue weighted by Crippen LogP contribution is -2.46. The Hall–Kier alpha value is -0.160. The largest absolute Gasteiger partial charge is 0.379 e. The smallest absolute Gasteiger partial charge is 0.0702 e. The van der Waals surface area contributed by atoms with Crippen LogP contribution in [0.15, 0.2) is 0 Å². The molecule has 0 saturated carbocycles. The lowest BCUT2D eigenvalue weighted by Gasteiger charge is -2.34. The van der Waals surface area contributed by atoms with E-state index >= 15 is 0 Å². The van der Waals surface area contributed by atoms with E-state index < -0.39 is 0 Å². The van der Waals surface area contributed by atoms with E-state index in [1.54, 1.807) is 0 Å². The van der Waals surface area contributed by atoms with Crippen LogP contribution in [0.2, 0.25) is 0 Å². The van der Waals surface area contributed by atoms with E-state index in [2.05, 4.69) is 24.2 Å². The van der Waals surface area contributed by atoms with Crippen LogP contribution >= 0.6 is 0 Å². The molecule has 0 amide bonds. The molecule has 18 heavy (non-hydrogen) atoms. The summed E-state index contributed by atoms with van der Waals surface area (Å²) < 4.78 is 11.3. The van der Waals surface area contributed by atoms with Crippen molar-refractivity contribution in [2.24, 2.45) is 0 Å². The van der Waals surface area contributed by atoms with Crippen molar-refractivity contribution in [3.8, 4) is 0 Å². The summed E-state index contributed by atoms with van der Waals surface area (Å²) >= 11 is 0. The zero-order chi connectivity index (χ0) is 12.8. The molecule has 0 radical (unpaired) electrons. The topological polar surface area (TPSA) is 33.7 Å². The quantitative estimate of drug-likeness (QED) is 0.803. The molecule has 0 aromatic heterocycles. The maximum atomic E-state index is 5.81. The van der Waals surface area contributed by atoms with Crippen molar-refractivity contribution in [2.45, 2.75) is 50.8 Å². The minimum Gasteiger partial charge on any atom is -0.379 e. The standard InChI is InChI=1S/C14H28N2O2/c1-12(9-13-11-17-8-6-15-13)16(2)10-14-5-3-4-7-18-14/h12-15H,3-11H2,1-2H3. The van der Waals surface area contributed by atoms with Crippen LogP contribution in [0.25, 0.3) is 0 Å². The lowest BCUT2D eigenvalue weighted by molar-refractivity contribution is -0.0100. The number of likely N-dealkylation sites (N-methyl/N-ethyl adjacent to an activating group) is 1. The van der Waals surface area contributed by atoms with Crippen LogP contribution in [0.1, 0.15) is 32.6 Å². The molecule has 3 atom stereocenters. The van der Waals surface area contributed by atoms with Gasteiger partial charge < -0.3 is 19.7 Å². The molecule has 2 aliphatic rings. The van der Waals surface area contributed by atoms with Crippen LogP contribution in [-0.4, -0.2) is 63.0 Å². The Kier molecular flexibility index (Phi) is 5.89. The van der Waals surface area contributed by atoms with Crippen molar-refractivity contribution < 1.29 is 9.47 Å². The number of hydrogen-bond acceptors (Lipinski definition) is 4. The average Bonchev–Trinajstić information content (AvgIpc) is 2.41. The Labute approximate surface area is 111 Å². The summed E-state index contributed by atoms with van der Waals surface area (Å²) in [6.07, 6.45) is 5.39. The fourth-order valence-electron chi connectivity index (χ4n) is 2.82. The Morgan fingerprint density at radius 1 is 1.33 bits per heavy atom. The van der Waals surface area contributed by atoms with Gasteiger partial charge in [0, 0.05) is 31.8 Å². The van der Waals surface area contributed by atoms with E-state index in [0.29, 0.717) is 18.2 Å². The highest BCUT2D eigenvalue weighted by Crippen LogP contribution is 2.15. The summed E-state index contributed by atoms with van der Waals surface area (Å²) in [6, 6.07) is 1.10. The highest BCUT2D eigenvalue weighted by atomic mass is 16.5. The fourth-order valence-corrected chi connectivity index (χ4v) is 2.82. The summed E-state index contributed by atoms with van der Waals surface area (Å²) in [5, 5.41) is 3.53. The van der Waals surface area contributed by atoms with Gasteiger partial charge in [0.25, 0.3) is 0 Å². The fraction of sp³-hybridized carbons (Fsp3) is 1.00. The Bertz CT molecular complexity index is 202. The van der Waals surface area contributed by atoms with Gasteiger partial charge in [-0.15, -0.1) is 0 Å². The molecule has 0 spiro atoms.